The zero-order valence-electron chi connectivity index (χ0n) is 5.87. The lowest BCUT2D eigenvalue weighted by Crippen LogP contribution is -2.43. The van der Waals surface area contributed by atoms with Crippen molar-refractivity contribution < 1.29 is 9.94 Å². The predicted octanol–water partition coefficient (Wildman–Crippen LogP) is 0.485. The second kappa shape index (κ2) is 2.64. The zero-order chi connectivity index (χ0) is 6.85. The van der Waals surface area contributed by atoms with Gasteiger partial charge in [-0.05, 0) is 13.8 Å². The molecule has 3 nitrogen and oxygen atoms in total. The maximum absolute atomic E-state index is 9.00. The van der Waals surface area contributed by atoms with E-state index in [2.05, 4.69) is 0 Å². The van der Waals surface area contributed by atoms with Crippen LogP contribution in [0.2, 0.25) is 0 Å². The molecule has 0 aliphatic carbocycles. The Morgan fingerprint density at radius 2 is 1.78 bits per heavy atom. The summed E-state index contributed by atoms with van der Waals surface area (Å²) in [6, 6.07) is 0. The Balaban J connectivity index is 2.34. The van der Waals surface area contributed by atoms with Gasteiger partial charge < -0.3 is 9.94 Å². The van der Waals surface area contributed by atoms with Gasteiger partial charge >= 0.3 is 0 Å². The van der Waals surface area contributed by atoms with Gasteiger partial charge in [0.15, 0.2) is 0 Å². The van der Waals surface area contributed by atoms with E-state index in [1.807, 2.05) is 13.8 Å². The van der Waals surface area contributed by atoms with Crippen molar-refractivity contribution >= 4 is 0 Å². The normalized spacial score (nSPS) is 39.0. The summed E-state index contributed by atoms with van der Waals surface area (Å²) in [5.74, 6) is 0. The molecule has 9 heavy (non-hydrogen) atoms. The quantitative estimate of drug-likeness (QED) is 0.519. The molecule has 0 amide bonds. The van der Waals surface area contributed by atoms with Crippen molar-refractivity contribution in [1.29, 1.82) is 0 Å². The second-order valence-corrected chi connectivity index (χ2v) is 2.63. The summed E-state index contributed by atoms with van der Waals surface area (Å²) in [5, 5.41) is 10.3. The molecule has 2 unspecified atom stereocenters. The van der Waals surface area contributed by atoms with E-state index in [9.17, 15) is 0 Å². The summed E-state index contributed by atoms with van der Waals surface area (Å²) in [5.41, 5.74) is 0. The molecule has 1 aliphatic heterocycles. The lowest BCUT2D eigenvalue weighted by molar-refractivity contribution is -0.188. The minimum absolute atomic E-state index is 0.166. The van der Waals surface area contributed by atoms with E-state index in [4.69, 9.17) is 9.94 Å². The average Bonchev–Trinajstić information content (AvgIpc) is 1.59. The maximum atomic E-state index is 9.00. The van der Waals surface area contributed by atoms with Gasteiger partial charge in [0.2, 0.25) is 0 Å². The van der Waals surface area contributed by atoms with Crippen molar-refractivity contribution in [2.75, 3.05) is 13.1 Å². The van der Waals surface area contributed by atoms with Gasteiger partial charge in [0.25, 0.3) is 0 Å². The van der Waals surface area contributed by atoms with E-state index >= 15 is 0 Å². The van der Waals surface area contributed by atoms with Gasteiger partial charge in [0.1, 0.15) is 0 Å². The first kappa shape index (κ1) is 6.99. The van der Waals surface area contributed by atoms with Crippen molar-refractivity contribution in [2.45, 2.75) is 26.1 Å². The molecule has 1 aliphatic rings. The van der Waals surface area contributed by atoms with Crippen LogP contribution in [0.3, 0.4) is 0 Å². The average molecular weight is 131 g/mol. The number of hydroxylamine groups is 2. The third-order valence-corrected chi connectivity index (χ3v) is 1.40. The van der Waals surface area contributed by atoms with E-state index in [0.29, 0.717) is 13.1 Å². The van der Waals surface area contributed by atoms with Gasteiger partial charge in [-0.1, -0.05) is 0 Å². The third-order valence-electron chi connectivity index (χ3n) is 1.40. The predicted molar refractivity (Wildman–Crippen MR) is 33.4 cm³/mol. The minimum atomic E-state index is 0.166. The molecule has 0 radical (unpaired) electrons. The highest BCUT2D eigenvalue weighted by Crippen LogP contribution is 2.07. The molecular weight excluding hydrogens is 118 g/mol. The van der Waals surface area contributed by atoms with Crippen molar-refractivity contribution in [1.82, 2.24) is 5.06 Å². The zero-order valence-corrected chi connectivity index (χ0v) is 5.87. The Hall–Kier alpha value is -0.120. The summed E-state index contributed by atoms with van der Waals surface area (Å²) in [4.78, 5) is 0. The number of ether oxygens (including phenoxy) is 1. The van der Waals surface area contributed by atoms with Gasteiger partial charge in [0.05, 0.1) is 12.2 Å². The fourth-order valence-electron chi connectivity index (χ4n) is 1.15. The molecule has 54 valence electrons. The molecule has 0 aromatic heterocycles. The van der Waals surface area contributed by atoms with Gasteiger partial charge in [-0.3, -0.25) is 0 Å². The van der Waals surface area contributed by atoms with Crippen LogP contribution in [0.4, 0.5) is 0 Å². The molecule has 2 atom stereocenters. The van der Waals surface area contributed by atoms with Gasteiger partial charge in [0, 0.05) is 13.1 Å². The Labute approximate surface area is 55.2 Å². The van der Waals surface area contributed by atoms with Crippen LogP contribution in [0.25, 0.3) is 0 Å². The molecule has 0 aromatic rings. The number of rotatable bonds is 0. The fourth-order valence-corrected chi connectivity index (χ4v) is 1.15. The molecule has 3 heteroatoms. The van der Waals surface area contributed by atoms with Crippen LogP contribution in [0.15, 0.2) is 0 Å². The Bertz CT molecular complexity index is 72.0. The molecule has 1 rings (SSSR count). The standard InChI is InChI=1S/C6H13NO2/c1-5-3-7(8)4-6(2)9-5/h5-6,8H,3-4H2,1-2H3. The molecular formula is C6H13NO2. The van der Waals surface area contributed by atoms with Crippen molar-refractivity contribution in [2.24, 2.45) is 0 Å². The van der Waals surface area contributed by atoms with Crippen molar-refractivity contribution in [3.8, 4) is 0 Å². The SMILES string of the molecule is CC1CN(O)CC(C)O1. The first-order valence-corrected chi connectivity index (χ1v) is 3.28. The van der Waals surface area contributed by atoms with Crippen LogP contribution in [-0.2, 0) is 4.74 Å². The highest BCUT2D eigenvalue weighted by atomic mass is 16.5. The molecule has 1 saturated heterocycles. The number of hydrogen-bond donors (Lipinski definition) is 1. The summed E-state index contributed by atoms with van der Waals surface area (Å²) < 4.78 is 5.35. The Kier molecular flexibility index (Phi) is 2.05. The van der Waals surface area contributed by atoms with Crippen molar-refractivity contribution in [3.63, 3.8) is 0 Å². The smallest absolute Gasteiger partial charge is 0.0701 e. The maximum Gasteiger partial charge on any atom is 0.0701 e. The topological polar surface area (TPSA) is 32.7 Å². The van der Waals surface area contributed by atoms with Crippen molar-refractivity contribution in [3.05, 3.63) is 0 Å². The summed E-state index contributed by atoms with van der Waals surface area (Å²) >= 11 is 0. The van der Waals surface area contributed by atoms with Gasteiger partial charge in [-0.2, -0.15) is 5.06 Å². The fraction of sp³-hybridized carbons (Fsp3) is 1.00. The molecule has 0 bridgehead atoms. The first-order chi connectivity index (χ1) is 4.18. The summed E-state index contributed by atoms with van der Waals surface area (Å²) in [6.45, 7) is 5.17. The second-order valence-electron chi connectivity index (χ2n) is 2.63. The van der Waals surface area contributed by atoms with Crippen LogP contribution in [-0.4, -0.2) is 35.6 Å². The van der Waals surface area contributed by atoms with Crippen LogP contribution in [0.5, 0.6) is 0 Å². The molecule has 1 fully saturated rings. The molecule has 1 heterocycles. The summed E-state index contributed by atoms with van der Waals surface area (Å²) in [6.07, 6.45) is 0.331. The van der Waals surface area contributed by atoms with Gasteiger partial charge in [-0.25, -0.2) is 0 Å². The highest BCUT2D eigenvalue weighted by Gasteiger charge is 2.19. The van der Waals surface area contributed by atoms with Crippen LogP contribution in [0.1, 0.15) is 13.8 Å². The van der Waals surface area contributed by atoms with E-state index in [1.54, 1.807) is 0 Å². The molecule has 0 spiro atoms. The number of nitrogens with zero attached hydrogens (tertiary/aromatic N) is 1. The molecule has 0 aromatic carbocycles. The number of morpholine rings is 1. The van der Waals surface area contributed by atoms with E-state index in [1.165, 1.54) is 5.06 Å². The minimum Gasteiger partial charge on any atom is -0.373 e. The Morgan fingerprint density at radius 1 is 1.33 bits per heavy atom. The lowest BCUT2D eigenvalue weighted by atomic mass is 10.3. The van der Waals surface area contributed by atoms with Crippen LogP contribution >= 0.6 is 0 Å². The Morgan fingerprint density at radius 3 is 2.11 bits per heavy atom. The first-order valence-electron chi connectivity index (χ1n) is 3.28. The van der Waals surface area contributed by atoms with Crippen LogP contribution < -0.4 is 0 Å². The van der Waals surface area contributed by atoms with Crippen LogP contribution in [0, 0.1) is 0 Å². The van der Waals surface area contributed by atoms with Gasteiger partial charge in [-0.15, -0.1) is 0 Å². The monoisotopic (exact) mass is 131 g/mol. The molecule has 0 saturated carbocycles. The number of hydrogen-bond acceptors (Lipinski definition) is 3. The summed E-state index contributed by atoms with van der Waals surface area (Å²) in [7, 11) is 0. The third kappa shape index (κ3) is 1.93. The largest absolute Gasteiger partial charge is 0.373 e. The van der Waals surface area contributed by atoms with E-state index < -0.39 is 0 Å². The highest BCUT2D eigenvalue weighted by molar-refractivity contribution is 4.66. The van der Waals surface area contributed by atoms with E-state index in [0.717, 1.165) is 0 Å². The molecule has 1 N–H and O–H groups in total. The van der Waals surface area contributed by atoms with E-state index in [-0.39, 0.29) is 12.2 Å². The lowest BCUT2D eigenvalue weighted by Gasteiger charge is -2.30.